The second-order valence-corrected chi connectivity index (χ2v) is 19.0. The molecule has 346 valence electrons. The Morgan fingerprint density at radius 1 is 0.951 bits per heavy atom. The number of Topliss-reactive ketones (excluding diaryl/α,β-unsaturated/α-hetero) is 2. The standard InChI is InChI=1S/C44H70N2O14S/c1-10-13-31-19-25(2)18-26(3)20-37(57-8)40-38(58-9)22-28(5)44(60-40,45-61(53,54)55)41(50)42(51)46-17-12-11-14-32(46)43(52)59-39(29(6)34(48)24-35(31)49)27(4)21-30-15-16-33(47)36(23-30)56-7/h10,19,21,26,28-34,36-40,45,47-48H,1,11-18,20,22-24H2,2-9H3,(H,53,54,55)/b25-19+,27-21+/t26-,28+,29+,30-,31+,32-,33+,34-,36+,37-,38-,39+,40+,44?/m0/s1. The van der Waals surface area contributed by atoms with Crippen LogP contribution >= 0.6 is 0 Å². The van der Waals surface area contributed by atoms with E-state index < -0.39 is 100 Å². The number of hydrogen-bond donors (Lipinski definition) is 4. The monoisotopic (exact) mass is 882 g/mol. The summed E-state index contributed by atoms with van der Waals surface area (Å²) in [5, 5.41) is 22.2. The number of hydrogen-bond acceptors (Lipinski definition) is 13. The number of nitrogens with one attached hydrogen (secondary N) is 1. The van der Waals surface area contributed by atoms with Crippen molar-refractivity contribution in [2.24, 2.45) is 29.6 Å². The van der Waals surface area contributed by atoms with Crippen LogP contribution < -0.4 is 4.72 Å². The lowest BCUT2D eigenvalue weighted by molar-refractivity contribution is -0.238. The molecule has 0 aromatic heterocycles. The summed E-state index contributed by atoms with van der Waals surface area (Å²) in [5.74, 6) is -6.27. The molecule has 61 heavy (non-hydrogen) atoms. The Labute approximate surface area is 361 Å². The van der Waals surface area contributed by atoms with E-state index in [9.17, 15) is 42.4 Å². The van der Waals surface area contributed by atoms with Crippen LogP contribution in [0.4, 0.5) is 0 Å². The molecule has 0 aromatic carbocycles. The number of nitrogens with zero attached hydrogens (tertiary/aromatic N) is 1. The number of piperidine rings is 1. The van der Waals surface area contributed by atoms with Gasteiger partial charge in [-0.15, -0.1) is 6.58 Å². The molecule has 16 nitrogen and oxygen atoms in total. The van der Waals surface area contributed by atoms with Crippen molar-refractivity contribution < 1.29 is 66.0 Å². The van der Waals surface area contributed by atoms with E-state index in [2.05, 4.69) is 6.58 Å². The number of carbonyl (C=O) groups is 4. The SMILES string of the molecule is C=CC[C@@H]1/C=C(\C)C[C@H](C)C[C@H](OC)[C@H]2OC(NS(=O)(=O)O)(C(=O)C(=O)N3CCCC[C@H]3C(=O)O[C@H](/C(C)=C/[C@@H]3CC[C@@H](O)[C@H](OC)C3)[C@H](C)[C@@H](O)CC1=O)[C@H](C)C[C@@H]2OC. The Morgan fingerprint density at radius 3 is 2.23 bits per heavy atom. The van der Waals surface area contributed by atoms with Gasteiger partial charge in [0.1, 0.15) is 24.0 Å². The molecule has 1 saturated carbocycles. The van der Waals surface area contributed by atoms with Crippen molar-refractivity contribution in [3.05, 3.63) is 36.0 Å². The van der Waals surface area contributed by atoms with Gasteiger partial charge in [0.05, 0.1) is 30.5 Å². The molecule has 4 rings (SSSR count). The van der Waals surface area contributed by atoms with E-state index in [1.54, 1.807) is 19.9 Å². The molecule has 1 aliphatic carbocycles. The maximum absolute atomic E-state index is 14.7. The number of methoxy groups -OCH3 is 3. The number of aliphatic hydroxyl groups excluding tert-OH is 2. The lowest BCUT2D eigenvalue weighted by atomic mass is 9.80. The van der Waals surface area contributed by atoms with Gasteiger partial charge in [-0.25, -0.2) is 4.79 Å². The number of ether oxygens (including phenoxy) is 5. The molecule has 2 bridgehead atoms. The van der Waals surface area contributed by atoms with E-state index in [1.807, 2.05) is 30.7 Å². The molecule has 14 atom stereocenters. The first kappa shape index (κ1) is 50.8. The zero-order valence-corrected chi connectivity index (χ0v) is 37.9. The van der Waals surface area contributed by atoms with Gasteiger partial charge in [-0.2, -0.15) is 13.1 Å². The average Bonchev–Trinajstić information content (AvgIpc) is 3.21. The quantitative estimate of drug-likeness (QED) is 0.111. The third-order valence-corrected chi connectivity index (χ3v) is 13.8. The summed E-state index contributed by atoms with van der Waals surface area (Å²) in [5.41, 5.74) is -1.14. The highest BCUT2D eigenvalue weighted by molar-refractivity contribution is 7.83. The van der Waals surface area contributed by atoms with Crippen molar-refractivity contribution in [3.63, 3.8) is 0 Å². The fraction of sp³-hybridized carbons (Fsp3) is 0.773. The number of ketones is 2. The molecule has 0 aromatic rings. The summed E-state index contributed by atoms with van der Waals surface area (Å²) in [6.45, 7) is 12.6. The third-order valence-electron chi connectivity index (χ3n) is 13.2. The molecule has 2 saturated heterocycles. The van der Waals surface area contributed by atoms with Crippen LogP contribution in [0.2, 0.25) is 0 Å². The Balaban J connectivity index is 1.86. The molecule has 3 fully saturated rings. The minimum Gasteiger partial charge on any atom is -0.456 e. The van der Waals surface area contributed by atoms with Gasteiger partial charge in [0.2, 0.25) is 5.72 Å². The highest BCUT2D eigenvalue weighted by atomic mass is 32.2. The van der Waals surface area contributed by atoms with Crippen molar-refractivity contribution in [3.8, 4) is 0 Å². The normalized spacial score (nSPS) is 39.3. The van der Waals surface area contributed by atoms with Crippen LogP contribution in [0.1, 0.15) is 105 Å². The van der Waals surface area contributed by atoms with E-state index in [0.717, 1.165) is 10.5 Å². The van der Waals surface area contributed by atoms with Gasteiger partial charge in [0, 0.05) is 52.0 Å². The van der Waals surface area contributed by atoms with Crippen molar-refractivity contribution in [2.75, 3.05) is 27.9 Å². The molecule has 4 aliphatic rings. The number of carbonyl (C=O) groups excluding carboxylic acids is 4. The summed E-state index contributed by atoms with van der Waals surface area (Å²) < 4.78 is 67.4. The first-order chi connectivity index (χ1) is 28.7. The maximum atomic E-state index is 14.7. The largest absolute Gasteiger partial charge is 0.456 e. The summed E-state index contributed by atoms with van der Waals surface area (Å²) in [4.78, 5) is 58.7. The molecule has 4 N–H and O–H groups in total. The molecule has 3 heterocycles. The number of esters is 1. The highest BCUT2D eigenvalue weighted by Crippen LogP contribution is 2.40. The molecule has 0 radical (unpaired) electrons. The van der Waals surface area contributed by atoms with E-state index in [4.69, 9.17) is 23.7 Å². The Kier molecular flexibility index (Phi) is 18.4. The predicted molar refractivity (Wildman–Crippen MR) is 225 cm³/mol. The zero-order valence-electron chi connectivity index (χ0n) is 37.1. The van der Waals surface area contributed by atoms with E-state index >= 15 is 0 Å². The van der Waals surface area contributed by atoms with Gasteiger partial charge >= 0.3 is 16.3 Å². The van der Waals surface area contributed by atoms with Gasteiger partial charge in [-0.3, -0.25) is 18.9 Å². The third kappa shape index (κ3) is 12.7. The molecule has 17 heteroatoms. The van der Waals surface area contributed by atoms with Gasteiger partial charge in [-0.1, -0.05) is 44.6 Å². The number of fused-ring (bicyclic) bond motifs is 3. The number of rotatable bonds is 9. The van der Waals surface area contributed by atoms with Crippen molar-refractivity contribution >= 4 is 33.7 Å². The highest BCUT2D eigenvalue weighted by Gasteiger charge is 2.59. The molecule has 1 unspecified atom stereocenters. The molecule has 0 spiro atoms. The maximum Gasteiger partial charge on any atom is 0.336 e. The molecule has 3 aliphatic heterocycles. The first-order valence-electron chi connectivity index (χ1n) is 21.6. The fourth-order valence-electron chi connectivity index (χ4n) is 9.81. The Morgan fingerprint density at radius 2 is 1.61 bits per heavy atom. The fourth-order valence-corrected chi connectivity index (χ4v) is 10.5. The van der Waals surface area contributed by atoms with E-state index in [-0.39, 0.29) is 43.4 Å². The first-order valence-corrected chi connectivity index (χ1v) is 23.1. The lowest BCUT2D eigenvalue weighted by Crippen LogP contribution is -2.70. The number of amides is 1. The lowest BCUT2D eigenvalue weighted by Gasteiger charge is -2.49. The predicted octanol–water partition coefficient (Wildman–Crippen LogP) is 4.04. The zero-order chi connectivity index (χ0) is 45.4. The van der Waals surface area contributed by atoms with Crippen LogP contribution in [0.3, 0.4) is 0 Å². The number of cyclic esters (lactones) is 1. The van der Waals surface area contributed by atoms with Crippen LogP contribution in [0.25, 0.3) is 0 Å². The van der Waals surface area contributed by atoms with Gasteiger partial charge in [0.15, 0.2) is 0 Å². The van der Waals surface area contributed by atoms with Crippen molar-refractivity contribution in [1.29, 1.82) is 0 Å². The molecule has 1 amide bonds. The second kappa shape index (κ2) is 22.2. The van der Waals surface area contributed by atoms with Crippen LogP contribution in [0.15, 0.2) is 36.0 Å². The minimum absolute atomic E-state index is 0.0191. The van der Waals surface area contributed by atoms with E-state index in [1.165, 1.54) is 28.3 Å². The van der Waals surface area contributed by atoms with Crippen molar-refractivity contribution in [1.82, 2.24) is 9.62 Å². The van der Waals surface area contributed by atoms with Crippen LogP contribution in [-0.2, 0) is 53.2 Å². The Hall–Kier alpha value is -2.87. The van der Waals surface area contributed by atoms with E-state index in [0.29, 0.717) is 56.9 Å². The minimum atomic E-state index is -5.19. The van der Waals surface area contributed by atoms with Gasteiger partial charge < -0.3 is 38.8 Å². The molecular weight excluding hydrogens is 813 g/mol. The topological polar surface area (TPSA) is 225 Å². The number of aliphatic hydroxyl groups is 2. The second-order valence-electron chi connectivity index (χ2n) is 17.9. The summed E-state index contributed by atoms with van der Waals surface area (Å²) in [6, 6.07) is -1.29. The van der Waals surface area contributed by atoms with Gasteiger partial charge in [-0.05, 0) is 95.5 Å². The summed E-state index contributed by atoms with van der Waals surface area (Å²) in [6.07, 6.45) is 3.04. The molecular formula is C44H70N2O14S. The van der Waals surface area contributed by atoms with Crippen LogP contribution in [-0.4, -0.2) is 134 Å². The number of allylic oxidation sites excluding steroid dienone is 4. The van der Waals surface area contributed by atoms with Crippen molar-refractivity contribution in [2.45, 2.75) is 160 Å². The summed E-state index contributed by atoms with van der Waals surface area (Å²) in [7, 11) is -0.769. The van der Waals surface area contributed by atoms with Crippen LogP contribution in [0, 0.1) is 29.6 Å². The average molecular weight is 883 g/mol. The Bertz CT molecular complexity index is 1730. The summed E-state index contributed by atoms with van der Waals surface area (Å²) >= 11 is 0. The van der Waals surface area contributed by atoms with Gasteiger partial charge in [0.25, 0.3) is 11.7 Å². The van der Waals surface area contributed by atoms with Crippen LogP contribution in [0.5, 0.6) is 0 Å². The smallest absolute Gasteiger partial charge is 0.336 e.